The quantitative estimate of drug-likeness (QED) is 0.726. The summed E-state index contributed by atoms with van der Waals surface area (Å²) in [5.41, 5.74) is 0. The van der Waals surface area contributed by atoms with Crippen LogP contribution < -0.4 is 0 Å². The highest BCUT2D eigenvalue weighted by molar-refractivity contribution is 5.69. The van der Waals surface area contributed by atoms with Crippen LogP contribution in [0, 0.1) is 5.92 Å². The van der Waals surface area contributed by atoms with Crippen LogP contribution in [-0.2, 0) is 27.2 Å². The number of aromatic nitrogens is 2. The SMILES string of the molecule is COC(=O)CC1CN(Cc2nc(CC(C)C)no2)CCO1. The number of nitrogens with zero attached hydrogens (tertiary/aromatic N) is 3. The lowest BCUT2D eigenvalue weighted by molar-refractivity contribution is -0.145. The molecule has 0 radical (unpaired) electrons. The molecule has 7 nitrogen and oxygen atoms in total. The Kier molecular flexibility index (Phi) is 5.69. The second-order valence-electron chi connectivity index (χ2n) is 5.71. The van der Waals surface area contributed by atoms with E-state index in [1.807, 2.05) is 0 Å². The lowest BCUT2D eigenvalue weighted by Gasteiger charge is -2.31. The Morgan fingerprint density at radius 3 is 3.05 bits per heavy atom. The van der Waals surface area contributed by atoms with Gasteiger partial charge in [0, 0.05) is 19.5 Å². The number of methoxy groups -OCH3 is 1. The highest BCUT2D eigenvalue weighted by Crippen LogP contribution is 2.13. The fraction of sp³-hybridized carbons (Fsp3) is 0.786. The third-order valence-electron chi connectivity index (χ3n) is 3.30. The van der Waals surface area contributed by atoms with Crippen LogP contribution in [0.5, 0.6) is 0 Å². The summed E-state index contributed by atoms with van der Waals surface area (Å²) in [7, 11) is 1.39. The van der Waals surface area contributed by atoms with Gasteiger partial charge in [-0.25, -0.2) is 0 Å². The summed E-state index contributed by atoms with van der Waals surface area (Å²) < 4.78 is 15.5. The maximum absolute atomic E-state index is 11.3. The van der Waals surface area contributed by atoms with E-state index in [2.05, 4.69) is 33.6 Å². The maximum Gasteiger partial charge on any atom is 0.308 e. The average molecular weight is 297 g/mol. The first-order valence-electron chi connectivity index (χ1n) is 7.29. The summed E-state index contributed by atoms with van der Waals surface area (Å²) in [5.74, 6) is 1.62. The molecule has 0 N–H and O–H groups in total. The van der Waals surface area contributed by atoms with Gasteiger partial charge in [0.2, 0.25) is 5.89 Å². The summed E-state index contributed by atoms with van der Waals surface area (Å²) in [6, 6.07) is 0. The van der Waals surface area contributed by atoms with Gasteiger partial charge in [0.05, 0.1) is 32.8 Å². The molecule has 118 valence electrons. The van der Waals surface area contributed by atoms with Crippen LogP contribution in [0.25, 0.3) is 0 Å². The molecule has 1 atom stereocenters. The van der Waals surface area contributed by atoms with Crippen molar-refractivity contribution in [3.05, 3.63) is 11.7 Å². The Morgan fingerprint density at radius 2 is 2.33 bits per heavy atom. The van der Waals surface area contributed by atoms with Crippen molar-refractivity contribution in [3.8, 4) is 0 Å². The minimum atomic E-state index is -0.251. The molecule has 0 saturated carbocycles. The van der Waals surface area contributed by atoms with Crippen LogP contribution in [0.2, 0.25) is 0 Å². The maximum atomic E-state index is 11.3. The Morgan fingerprint density at radius 1 is 1.52 bits per heavy atom. The van der Waals surface area contributed by atoms with Gasteiger partial charge in [0.25, 0.3) is 0 Å². The van der Waals surface area contributed by atoms with Crippen molar-refractivity contribution < 1.29 is 18.8 Å². The zero-order valence-corrected chi connectivity index (χ0v) is 12.9. The molecule has 1 aromatic rings. The standard InChI is InChI=1S/C14H23N3O4/c1-10(2)6-12-15-13(21-16-12)9-17-4-5-20-11(8-17)7-14(18)19-3/h10-11H,4-9H2,1-3H3. The lowest BCUT2D eigenvalue weighted by atomic mass is 10.1. The van der Waals surface area contributed by atoms with Crippen molar-refractivity contribution in [1.29, 1.82) is 0 Å². The number of morpholine rings is 1. The minimum Gasteiger partial charge on any atom is -0.469 e. The normalized spacial score (nSPS) is 19.9. The van der Waals surface area contributed by atoms with E-state index >= 15 is 0 Å². The van der Waals surface area contributed by atoms with Gasteiger partial charge in [-0.1, -0.05) is 19.0 Å². The second kappa shape index (κ2) is 7.51. The van der Waals surface area contributed by atoms with Gasteiger partial charge in [0.1, 0.15) is 0 Å². The van der Waals surface area contributed by atoms with Gasteiger partial charge in [-0.2, -0.15) is 4.98 Å². The fourth-order valence-corrected chi connectivity index (χ4v) is 2.31. The number of esters is 1. The summed E-state index contributed by atoms with van der Waals surface area (Å²) in [6.45, 7) is 6.88. The Labute approximate surface area is 124 Å². The van der Waals surface area contributed by atoms with Gasteiger partial charge >= 0.3 is 5.97 Å². The zero-order chi connectivity index (χ0) is 15.2. The molecule has 1 aliphatic rings. The van der Waals surface area contributed by atoms with E-state index in [0.29, 0.717) is 31.5 Å². The molecule has 7 heteroatoms. The highest BCUT2D eigenvalue weighted by Gasteiger charge is 2.24. The van der Waals surface area contributed by atoms with E-state index in [1.165, 1.54) is 7.11 Å². The Balaban J connectivity index is 1.84. The molecule has 0 spiro atoms. The van der Waals surface area contributed by atoms with Crippen LogP contribution in [0.1, 0.15) is 32.0 Å². The van der Waals surface area contributed by atoms with Crippen LogP contribution in [0.15, 0.2) is 4.52 Å². The topological polar surface area (TPSA) is 77.7 Å². The lowest BCUT2D eigenvalue weighted by Crippen LogP contribution is -2.42. The smallest absolute Gasteiger partial charge is 0.308 e. The first-order valence-corrected chi connectivity index (χ1v) is 7.29. The summed E-state index contributed by atoms with van der Waals surface area (Å²) in [4.78, 5) is 17.8. The molecule has 1 unspecified atom stereocenters. The molecule has 0 bridgehead atoms. The van der Waals surface area contributed by atoms with E-state index in [1.54, 1.807) is 0 Å². The van der Waals surface area contributed by atoms with E-state index in [0.717, 1.165) is 18.8 Å². The van der Waals surface area contributed by atoms with Crippen molar-refractivity contribution >= 4 is 5.97 Å². The molecule has 21 heavy (non-hydrogen) atoms. The van der Waals surface area contributed by atoms with E-state index in [-0.39, 0.29) is 18.5 Å². The largest absolute Gasteiger partial charge is 0.469 e. The Hall–Kier alpha value is -1.47. The first kappa shape index (κ1) is 15.9. The first-order chi connectivity index (χ1) is 10.1. The van der Waals surface area contributed by atoms with E-state index < -0.39 is 0 Å². The molecular weight excluding hydrogens is 274 g/mol. The van der Waals surface area contributed by atoms with Crippen molar-refractivity contribution in [2.75, 3.05) is 26.8 Å². The van der Waals surface area contributed by atoms with Crippen LogP contribution >= 0.6 is 0 Å². The van der Waals surface area contributed by atoms with Crippen LogP contribution in [0.3, 0.4) is 0 Å². The second-order valence-corrected chi connectivity index (χ2v) is 5.71. The number of ether oxygens (including phenoxy) is 2. The summed E-state index contributed by atoms with van der Waals surface area (Å²) in [5, 5.41) is 3.98. The third kappa shape index (κ3) is 5.09. The Bertz CT molecular complexity index is 461. The summed E-state index contributed by atoms with van der Waals surface area (Å²) in [6.07, 6.45) is 0.955. The molecule has 0 aromatic carbocycles. The van der Waals surface area contributed by atoms with Gasteiger partial charge in [-0.3, -0.25) is 9.69 Å². The minimum absolute atomic E-state index is 0.135. The molecule has 2 rings (SSSR count). The van der Waals surface area contributed by atoms with Gasteiger partial charge < -0.3 is 14.0 Å². The van der Waals surface area contributed by atoms with E-state index in [9.17, 15) is 4.79 Å². The van der Waals surface area contributed by atoms with E-state index in [4.69, 9.17) is 9.26 Å². The number of carbonyl (C=O) groups excluding carboxylic acids is 1. The molecule has 1 saturated heterocycles. The average Bonchev–Trinajstić information content (AvgIpc) is 2.85. The predicted molar refractivity (Wildman–Crippen MR) is 74.5 cm³/mol. The third-order valence-corrected chi connectivity index (χ3v) is 3.30. The zero-order valence-electron chi connectivity index (χ0n) is 12.9. The van der Waals surface area contributed by atoms with Crippen LogP contribution in [-0.4, -0.2) is 53.9 Å². The van der Waals surface area contributed by atoms with Crippen molar-refractivity contribution in [2.24, 2.45) is 5.92 Å². The van der Waals surface area contributed by atoms with Crippen molar-refractivity contribution in [3.63, 3.8) is 0 Å². The number of hydrogen-bond donors (Lipinski definition) is 0. The van der Waals surface area contributed by atoms with Crippen LogP contribution in [0.4, 0.5) is 0 Å². The molecule has 2 heterocycles. The number of rotatable bonds is 6. The fourth-order valence-electron chi connectivity index (χ4n) is 2.31. The number of hydrogen-bond acceptors (Lipinski definition) is 7. The van der Waals surface area contributed by atoms with Crippen molar-refractivity contribution in [2.45, 2.75) is 39.3 Å². The molecule has 1 aliphatic heterocycles. The summed E-state index contributed by atoms with van der Waals surface area (Å²) >= 11 is 0. The molecule has 1 fully saturated rings. The predicted octanol–water partition coefficient (Wildman–Crippen LogP) is 1.03. The van der Waals surface area contributed by atoms with Gasteiger partial charge in [0.15, 0.2) is 5.82 Å². The van der Waals surface area contributed by atoms with Crippen molar-refractivity contribution in [1.82, 2.24) is 15.0 Å². The molecule has 0 aliphatic carbocycles. The highest BCUT2D eigenvalue weighted by atomic mass is 16.5. The van der Waals surface area contributed by atoms with Gasteiger partial charge in [-0.15, -0.1) is 0 Å². The molecule has 1 aromatic heterocycles. The molecule has 0 amide bonds. The monoisotopic (exact) mass is 297 g/mol. The number of carbonyl (C=O) groups is 1. The molecular formula is C14H23N3O4. The van der Waals surface area contributed by atoms with Gasteiger partial charge in [-0.05, 0) is 5.92 Å².